The molecule has 1 aromatic carbocycles. The van der Waals surface area contributed by atoms with Crippen LogP contribution in [-0.2, 0) is 11.3 Å². The van der Waals surface area contributed by atoms with Gasteiger partial charge in [-0.1, -0.05) is 18.2 Å². The highest BCUT2D eigenvalue weighted by atomic mass is 19.1. The van der Waals surface area contributed by atoms with Crippen LogP contribution >= 0.6 is 0 Å². The quantitative estimate of drug-likeness (QED) is 0.464. The molecule has 3 aliphatic carbocycles. The highest BCUT2D eigenvalue weighted by Crippen LogP contribution is 2.56. The molecule has 2 bridgehead atoms. The van der Waals surface area contributed by atoms with E-state index in [1.54, 1.807) is 41.7 Å². The van der Waals surface area contributed by atoms with E-state index >= 15 is 0 Å². The Morgan fingerprint density at radius 3 is 2.42 bits per heavy atom. The molecule has 188 valence electrons. The first kappa shape index (κ1) is 24.0. The Bertz CT molecular complexity index is 1340. The first-order valence-electron chi connectivity index (χ1n) is 12.2. The number of aryl methyl sites for hydroxylation is 1. The summed E-state index contributed by atoms with van der Waals surface area (Å²) < 4.78 is 15.1. The maximum absolute atomic E-state index is 13.5. The van der Waals surface area contributed by atoms with Crippen LogP contribution in [0.15, 0.2) is 42.6 Å². The molecule has 2 heterocycles. The summed E-state index contributed by atoms with van der Waals surface area (Å²) in [6, 6.07) is 9.80. The Morgan fingerprint density at radius 1 is 1.03 bits per heavy atom. The maximum atomic E-state index is 13.5. The minimum atomic E-state index is -0.695. The summed E-state index contributed by atoms with van der Waals surface area (Å²) in [7, 11) is 0. The summed E-state index contributed by atoms with van der Waals surface area (Å²) in [6.45, 7) is 2.39. The molecule has 2 amide bonds. The molecule has 8 nitrogen and oxygen atoms in total. The number of hydrogen-bond donors (Lipinski definition) is 3. The number of carbonyl (C=O) groups is 3. The standard InChI is InChI=1S/C27H29FN4O4/c1-17-13-18(5-6-19(17)28)14-29-23(33)20-15-32-21(3-2-4-22(32)31-20)24(34)30-16-26-7-10-27(11-8-26,12-9-26)25(35)36/h2-6,13,15H,7-12,14,16H2,1H3,(H,29,33)(H,30,34)(H,35,36). The normalized spacial score (nSPS) is 22.9. The van der Waals surface area contributed by atoms with E-state index in [-0.39, 0.29) is 29.4 Å². The Labute approximate surface area is 207 Å². The van der Waals surface area contributed by atoms with Crippen molar-refractivity contribution in [2.75, 3.05) is 6.54 Å². The number of rotatable bonds is 7. The number of pyridine rings is 1. The van der Waals surface area contributed by atoms with E-state index in [9.17, 15) is 23.9 Å². The summed E-state index contributed by atoms with van der Waals surface area (Å²) in [5.74, 6) is -1.64. The fraction of sp³-hybridized carbons (Fsp3) is 0.407. The van der Waals surface area contributed by atoms with Crippen molar-refractivity contribution in [2.45, 2.75) is 52.0 Å². The van der Waals surface area contributed by atoms with Crippen molar-refractivity contribution in [1.82, 2.24) is 20.0 Å². The lowest BCUT2D eigenvalue weighted by Gasteiger charge is -2.51. The molecule has 0 radical (unpaired) electrons. The average molecular weight is 493 g/mol. The Hall–Kier alpha value is -3.75. The number of imidazole rings is 1. The topological polar surface area (TPSA) is 113 Å². The van der Waals surface area contributed by atoms with Crippen LogP contribution in [0.2, 0.25) is 0 Å². The van der Waals surface area contributed by atoms with Crippen LogP contribution in [0.1, 0.15) is 70.6 Å². The highest BCUT2D eigenvalue weighted by molar-refractivity contribution is 5.95. The van der Waals surface area contributed by atoms with Gasteiger partial charge in [0.15, 0.2) is 0 Å². The van der Waals surface area contributed by atoms with Crippen molar-refractivity contribution in [3.63, 3.8) is 0 Å². The van der Waals surface area contributed by atoms with Crippen molar-refractivity contribution in [3.8, 4) is 0 Å². The molecular weight excluding hydrogens is 463 g/mol. The number of nitrogens with zero attached hydrogens (tertiary/aromatic N) is 2. The molecule has 3 aromatic rings. The summed E-state index contributed by atoms with van der Waals surface area (Å²) in [6.07, 6.45) is 5.91. The summed E-state index contributed by atoms with van der Waals surface area (Å²) in [5, 5.41) is 15.4. The molecule has 36 heavy (non-hydrogen) atoms. The first-order chi connectivity index (χ1) is 17.2. The van der Waals surface area contributed by atoms with Gasteiger partial charge in [0.25, 0.3) is 11.8 Å². The van der Waals surface area contributed by atoms with Gasteiger partial charge in [0.2, 0.25) is 0 Å². The molecule has 3 saturated carbocycles. The number of aliphatic carboxylic acids is 1. The van der Waals surface area contributed by atoms with E-state index in [0.717, 1.165) is 24.8 Å². The van der Waals surface area contributed by atoms with Crippen LogP contribution in [0.3, 0.4) is 0 Å². The fourth-order valence-corrected chi connectivity index (χ4v) is 5.60. The highest BCUT2D eigenvalue weighted by Gasteiger charge is 2.52. The van der Waals surface area contributed by atoms with E-state index in [1.807, 2.05) is 0 Å². The lowest BCUT2D eigenvalue weighted by Crippen LogP contribution is -2.50. The van der Waals surface area contributed by atoms with Gasteiger partial charge in [-0.15, -0.1) is 0 Å². The van der Waals surface area contributed by atoms with Gasteiger partial charge in [0.05, 0.1) is 5.41 Å². The molecule has 0 saturated heterocycles. The fourth-order valence-electron chi connectivity index (χ4n) is 5.60. The number of benzene rings is 1. The lowest BCUT2D eigenvalue weighted by atomic mass is 9.53. The van der Waals surface area contributed by atoms with Gasteiger partial charge in [-0.2, -0.15) is 0 Å². The molecule has 3 aliphatic rings. The number of nitrogens with one attached hydrogen (secondary N) is 2. The molecule has 6 rings (SSSR count). The van der Waals surface area contributed by atoms with E-state index in [0.29, 0.717) is 42.7 Å². The maximum Gasteiger partial charge on any atom is 0.309 e. The van der Waals surface area contributed by atoms with Crippen LogP contribution in [0, 0.1) is 23.6 Å². The zero-order valence-electron chi connectivity index (χ0n) is 20.1. The second kappa shape index (κ2) is 9.04. The van der Waals surface area contributed by atoms with E-state index < -0.39 is 17.3 Å². The Kier molecular flexibility index (Phi) is 6.02. The minimum absolute atomic E-state index is 0.0561. The SMILES string of the molecule is Cc1cc(CNC(=O)c2cn3c(C(=O)NCC45CCC(C(=O)O)(CC4)CC5)cccc3n2)ccc1F. The van der Waals surface area contributed by atoms with Crippen LogP contribution in [-0.4, -0.2) is 38.8 Å². The van der Waals surface area contributed by atoms with Crippen LogP contribution in [0.25, 0.3) is 5.65 Å². The van der Waals surface area contributed by atoms with E-state index in [1.165, 1.54) is 12.3 Å². The summed E-state index contributed by atoms with van der Waals surface area (Å²) in [5.41, 5.74) is 1.67. The number of amides is 2. The van der Waals surface area contributed by atoms with Gasteiger partial charge in [-0.3, -0.25) is 18.8 Å². The monoisotopic (exact) mass is 492 g/mol. The number of halogens is 1. The molecule has 3 fully saturated rings. The van der Waals surface area contributed by atoms with Crippen molar-refractivity contribution in [2.24, 2.45) is 10.8 Å². The average Bonchev–Trinajstić information content (AvgIpc) is 3.33. The molecular formula is C27H29FN4O4. The number of carbonyl (C=O) groups excluding carboxylic acids is 2. The van der Waals surface area contributed by atoms with Crippen molar-refractivity contribution >= 4 is 23.4 Å². The second-order valence-corrected chi connectivity index (χ2v) is 10.3. The third kappa shape index (κ3) is 4.34. The number of hydrogen-bond acceptors (Lipinski definition) is 4. The second-order valence-electron chi connectivity index (χ2n) is 10.3. The van der Waals surface area contributed by atoms with E-state index in [2.05, 4.69) is 15.6 Å². The lowest BCUT2D eigenvalue weighted by molar-refractivity contribution is -0.158. The third-order valence-electron chi connectivity index (χ3n) is 8.11. The molecule has 2 aromatic heterocycles. The number of aromatic nitrogens is 2. The van der Waals surface area contributed by atoms with Gasteiger partial charge in [0, 0.05) is 19.3 Å². The molecule has 0 unspecified atom stereocenters. The third-order valence-corrected chi connectivity index (χ3v) is 8.11. The van der Waals surface area contributed by atoms with Crippen molar-refractivity contribution in [3.05, 3.63) is 70.9 Å². The summed E-state index contributed by atoms with van der Waals surface area (Å²) >= 11 is 0. The molecule has 0 aliphatic heterocycles. The Balaban J connectivity index is 1.25. The molecule has 0 atom stereocenters. The minimum Gasteiger partial charge on any atom is -0.481 e. The molecule has 3 N–H and O–H groups in total. The Morgan fingerprint density at radius 2 is 1.75 bits per heavy atom. The van der Waals surface area contributed by atoms with Gasteiger partial charge < -0.3 is 15.7 Å². The van der Waals surface area contributed by atoms with Crippen LogP contribution < -0.4 is 10.6 Å². The van der Waals surface area contributed by atoms with Crippen molar-refractivity contribution in [1.29, 1.82) is 0 Å². The van der Waals surface area contributed by atoms with E-state index in [4.69, 9.17) is 0 Å². The van der Waals surface area contributed by atoms with Gasteiger partial charge in [-0.05, 0) is 80.2 Å². The van der Waals surface area contributed by atoms with Gasteiger partial charge >= 0.3 is 5.97 Å². The zero-order valence-corrected chi connectivity index (χ0v) is 20.1. The largest absolute Gasteiger partial charge is 0.481 e. The number of fused-ring (bicyclic) bond motifs is 4. The molecule has 9 heteroatoms. The molecule has 0 spiro atoms. The number of carboxylic acids is 1. The zero-order chi connectivity index (χ0) is 25.5. The predicted molar refractivity (Wildman–Crippen MR) is 130 cm³/mol. The number of carboxylic acid groups (broad SMARTS) is 1. The summed E-state index contributed by atoms with van der Waals surface area (Å²) in [4.78, 5) is 41.9. The van der Waals surface area contributed by atoms with Gasteiger partial charge in [-0.25, -0.2) is 9.37 Å². The van der Waals surface area contributed by atoms with Gasteiger partial charge in [0.1, 0.15) is 22.9 Å². The smallest absolute Gasteiger partial charge is 0.309 e. The predicted octanol–water partition coefficient (Wildman–Crippen LogP) is 3.87. The first-order valence-corrected chi connectivity index (χ1v) is 12.2. The van der Waals surface area contributed by atoms with Crippen LogP contribution in [0.5, 0.6) is 0 Å². The van der Waals surface area contributed by atoms with Crippen molar-refractivity contribution < 1.29 is 23.9 Å². The van der Waals surface area contributed by atoms with Crippen LogP contribution in [0.4, 0.5) is 4.39 Å².